The van der Waals surface area contributed by atoms with Crippen molar-refractivity contribution in [2.24, 2.45) is 0 Å². The van der Waals surface area contributed by atoms with Crippen molar-refractivity contribution in [2.75, 3.05) is 6.61 Å². The summed E-state index contributed by atoms with van der Waals surface area (Å²) in [7, 11) is 0. The molecule has 0 saturated carbocycles. The second kappa shape index (κ2) is 4.73. The maximum Gasteiger partial charge on any atom is 0.123 e. The molecule has 0 bridgehead atoms. The van der Waals surface area contributed by atoms with Gasteiger partial charge < -0.3 is 4.74 Å². The van der Waals surface area contributed by atoms with E-state index in [0.717, 1.165) is 18.8 Å². The summed E-state index contributed by atoms with van der Waals surface area (Å²) in [5, 5.41) is 3.42. The van der Waals surface area contributed by atoms with Crippen LogP contribution in [0.4, 0.5) is 0 Å². The van der Waals surface area contributed by atoms with E-state index in [0.29, 0.717) is 11.8 Å². The van der Waals surface area contributed by atoms with Crippen LogP contribution in [0.5, 0.6) is 5.75 Å². The molecule has 1 unspecified atom stereocenters. The summed E-state index contributed by atoms with van der Waals surface area (Å²) in [5.74, 6) is 1.94. The highest BCUT2D eigenvalue weighted by molar-refractivity contribution is 7.09. The van der Waals surface area contributed by atoms with E-state index in [9.17, 15) is 0 Å². The number of rotatable bonds is 2. The molecule has 18 heavy (non-hydrogen) atoms. The fraction of sp³-hybridized carbons (Fsp3) is 0.400. The fourth-order valence-electron chi connectivity index (χ4n) is 2.32. The average Bonchev–Trinajstić information content (AvgIpc) is 2.87. The third-order valence-corrected chi connectivity index (χ3v) is 4.36. The number of fused-ring (bicyclic) bond motifs is 1. The molecule has 2 aromatic rings. The zero-order valence-electron chi connectivity index (χ0n) is 10.7. The van der Waals surface area contributed by atoms with Gasteiger partial charge in [0.15, 0.2) is 0 Å². The first-order valence-corrected chi connectivity index (χ1v) is 7.30. The number of para-hydroxylation sites is 1. The number of hydrogen-bond acceptors (Lipinski definition) is 3. The largest absolute Gasteiger partial charge is 0.493 e. The predicted octanol–water partition coefficient (Wildman–Crippen LogP) is 4.18. The first-order valence-electron chi connectivity index (χ1n) is 6.42. The van der Waals surface area contributed by atoms with Gasteiger partial charge in [0.05, 0.1) is 12.3 Å². The van der Waals surface area contributed by atoms with Crippen molar-refractivity contribution in [2.45, 2.75) is 32.1 Å². The first-order chi connectivity index (χ1) is 8.75. The topological polar surface area (TPSA) is 22.1 Å². The van der Waals surface area contributed by atoms with Gasteiger partial charge in [-0.25, -0.2) is 4.98 Å². The number of hydrogen-bond donors (Lipinski definition) is 0. The summed E-state index contributed by atoms with van der Waals surface area (Å²) in [4.78, 5) is 4.80. The van der Waals surface area contributed by atoms with Gasteiger partial charge in [-0.2, -0.15) is 0 Å². The van der Waals surface area contributed by atoms with Gasteiger partial charge in [-0.1, -0.05) is 32.0 Å². The lowest BCUT2D eigenvalue weighted by atomic mass is 9.94. The van der Waals surface area contributed by atoms with Crippen LogP contribution in [-0.4, -0.2) is 11.6 Å². The van der Waals surface area contributed by atoms with Crippen LogP contribution in [0.1, 0.15) is 48.4 Å². The maximum atomic E-state index is 5.71. The van der Waals surface area contributed by atoms with Crippen molar-refractivity contribution < 1.29 is 4.74 Å². The average molecular weight is 259 g/mol. The Kier molecular flexibility index (Phi) is 3.08. The van der Waals surface area contributed by atoms with Crippen LogP contribution < -0.4 is 4.74 Å². The van der Waals surface area contributed by atoms with Crippen molar-refractivity contribution in [3.05, 3.63) is 45.9 Å². The number of benzene rings is 1. The molecule has 1 aliphatic heterocycles. The SMILES string of the molecule is CC(C)c1csc(C2CCOc3ccccc32)n1. The van der Waals surface area contributed by atoms with Gasteiger partial charge in [0, 0.05) is 16.9 Å². The summed E-state index contributed by atoms with van der Waals surface area (Å²) >= 11 is 1.78. The number of aromatic nitrogens is 1. The first kappa shape index (κ1) is 11.7. The van der Waals surface area contributed by atoms with Crippen molar-refractivity contribution >= 4 is 11.3 Å². The summed E-state index contributed by atoms with van der Waals surface area (Å²) in [5.41, 5.74) is 2.49. The number of nitrogens with zero attached hydrogens (tertiary/aromatic N) is 1. The molecule has 2 heterocycles. The van der Waals surface area contributed by atoms with E-state index in [1.807, 2.05) is 6.07 Å². The molecule has 1 aliphatic rings. The lowest BCUT2D eigenvalue weighted by Crippen LogP contribution is -2.15. The van der Waals surface area contributed by atoms with Crippen molar-refractivity contribution in [1.82, 2.24) is 4.98 Å². The minimum absolute atomic E-state index is 0.410. The Morgan fingerprint density at radius 1 is 1.33 bits per heavy atom. The lowest BCUT2D eigenvalue weighted by Gasteiger charge is -2.24. The lowest BCUT2D eigenvalue weighted by molar-refractivity contribution is 0.276. The highest BCUT2D eigenvalue weighted by Crippen LogP contribution is 2.39. The third-order valence-electron chi connectivity index (χ3n) is 3.39. The molecule has 0 N–H and O–H groups in total. The van der Waals surface area contributed by atoms with Crippen LogP contribution in [0, 0.1) is 0 Å². The van der Waals surface area contributed by atoms with Crippen molar-refractivity contribution in [3.8, 4) is 5.75 Å². The second-order valence-corrected chi connectivity index (χ2v) is 5.88. The smallest absolute Gasteiger partial charge is 0.123 e. The minimum atomic E-state index is 0.410. The zero-order valence-corrected chi connectivity index (χ0v) is 11.5. The summed E-state index contributed by atoms with van der Waals surface area (Å²) in [6.07, 6.45) is 1.03. The predicted molar refractivity (Wildman–Crippen MR) is 74.6 cm³/mol. The van der Waals surface area contributed by atoms with Crippen molar-refractivity contribution in [1.29, 1.82) is 0 Å². The monoisotopic (exact) mass is 259 g/mol. The molecule has 0 saturated heterocycles. The Bertz CT molecular complexity index is 547. The summed E-state index contributed by atoms with van der Waals surface area (Å²) in [6.45, 7) is 5.17. The molecule has 0 aliphatic carbocycles. The third kappa shape index (κ3) is 2.03. The molecule has 2 nitrogen and oxygen atoms in total. The van der Waals surface area contributed by atoms with E-state index in [4.69, 9.17) is 9.72 Å². The molecule has 3 heteroatoms. The molecule has 0 radical (unpaired) electrons. The molecule has 1 atom stereocenters. The second-order valence-electron chi connectivity index (χ2n) is 4.99. The molecule has 1 aromatic heterocycles. The summed E-state index contributed by atoms with van der Waals surface area (Å²) in [6, 6.07) is 8.33. The van der Waals surface area contributed by atoms with Crippen molar-refractivity contribution in [3.63, 3.8) is 0 Å². The number of thiazole rings is 1. The minimum Gasteiger partial charge on any atom is -0.493 e. The van der Waals surface area contributed by atoms with Gasteiger partial charge in [0.2, 0.25) is 0 Å². The van der Waals surface area contributed by atoms with Gasteiger partial charge in [0.25, 0.3) is 0 Å². The van der Waals surface area contributed by atoms with E-state index in [1.54, 1.807) is 11.3 Å². The van der Waals surface area contributed by atoms with Gasteiger partial charge in [-0.3, -0.25) is 0 Å². The highest BCUT2D eigenvalue weighted by Gasteiger charge is 2.25. The Morgan fingerprint density at radius 2 is 2.17 bits per heavy atom. The van der Waals surface area contributed by atoms with Crippen LogP contribution in [-0.2, 0) is 0 Å². The normalized spacial score (nSPS) is 18.5. The Balaban J connectivity index is 1.97. The number of ether oxygens (including phenoxy) is 1. The van der Waals surface area contributed by atoms with E-state index >= 15 is 0 Å². The molecule has 0 amide bonds. The van der Waals surface area contributed by atoms with Crippen LogP contribution >= 0.6 is 11.3 Å². The molecule has 94 valence electrons. The van der Waals surface area contributed by atoms with Gasteiger partial charge in [-0.05, 0) is 18.4 Å². The standard InChI is InChI=1S/C15H17NOS/c1-10(2)13-9-18-15(16-13)12-7-8-17-14-6-4-3-5-11(12)14/h3-6,9-10,12H,7-8H2,1-2H3. The van der Waals surface area contributed by atoms with E-state index in [1.165, 1.54) is 16.3 Å². The molecule has 0 spiro atoms. The van der Waals surface area contributed by atoms with E-state index < -0.39 is 0 Å². The Morgan fingerprint density at radius 3 is 2.94 bits per heavy atom. The van der Waals surface area contributed by atoms with Crippen LogP contribution in [0.2, 0.25) is 0 Å². The molecule has 1 aromatic carbocycles. The zero-order chi connectivity index (χ0) is 12.5. The maximum absolute atomic E-state index is 5.71. The quantitative estimate of drug-likeness (QED) is 0.807. The highest BCUT2D eigenvalue weighted by atomic mass is 32.1. The summed E-state index contributed by atoms with van der Waals surface area (Å²) < 4.78 is 5.71. The van der Waals surface area contributed by atoms with Gasteiger partial charge >= 0.3 is 0 Å². The fourth-order valence-corrected chi connectivity index (χ4v) is 3.46. The van der Waals surface area contributed by atoms with E-state index in [-0.39, 0.29) is 0 Å². The molecule has 0 fully saturated rings. The Labute approximate surface area is 112 Å². The van der Waals surface area contributed by atoms with Crippen LogP contribution in [0.15, 0.2) is 29.6 Å². The Hall–Kier alpha value is -1.35. The van der Waals surface area contributed by atoms with Crippen LogP contribution in [0.25, 0.3) is 0 Å². The molecule has 3 rings (SSSR count). The molecular weight excluding hydrogens is 242 g/mol. The van der Waals surface area contributed by atoms with E-state index in [2.05, 4.69) is 37.4 Å². The van der Waals surface area contributed by atoms with Gasteiger partial charge in [0.1, 0.15) is 10.8 Å². The van der Waals surface area contributed by atoms with Crippen LogP contribution in [0.3, 0.4) is 0 Å². The van der Waals surface area contributed by atoms with Gasteiger partial charge in [-0.15, -0.1) is 11.3 Å². The molecular formula is C15H17NOS.